The van der Waals surface area contributed by atoms with Gasteiger partial charge >= 0.3 is 0 Å². The Morgan fingerprint density at radius 2 is 2.06 bits per heavy atom. The molecule has 0 aromatic rings. The molecule has 1 unspecified atom stereocenters. The highest BCUT2D eigenvalue weighted by Gasteiger charge is 2.01. The maximum Gasteiger partial charge on any atom is 0.0474 e. The van der Waals surface area contributed by atoms with Crippen LogP contribution in [0.3, 0.4) is 0 Å². The van der Waals surface area contributed by atoms with Crippen LogP contribution in [0.4, 0.5) is 0 Å². The first-order valence-electron chi connectivity index (χ1n) is 6.22. The quantitative estimate of drug-likeness (QED) is 0.515. The summed E-state index contributed by atoms with van der Waals surface area (Å²) in [6.45, 7) is 6.46. The van der Waals surface area contributed by atoms with Crippen LogP contribution in [0.2, 0.25) is 0 Å². The van der Waals surface area contributed by atoms with Crippen LogP contribution in [0.15, 0.2) is 0 Å². The van der Waals surface area contributed by atoms with Crippen molar-refractivity contribution in [2.75, 3.05) is 47.0 Å². The Labute approximate surface area is 100.0 Å². The monoisotopic (exact) mass is 232 g/mol. The average molecular weight is 232 g/mol. The first-order chi connectivity index (χ1) is 7.70. The van der Waals surface area contributed by atoms with Gasteiger partial charge in [0.25, 0.3) is 0 Å². The molecule has 4 nitrogen and oxygen atoms in total. The van der Waals surface area contributed by atoms with E-state index in [-0.39, 0.29) is 0 Å². The molecule has 0 bridgehead atoms. The fourth-order valence-electron chi connectivity index (χ4n) is 1.59. The van der Waals surface area contributed by atoms with Crippen molar-refractivity contribution in [2.24, 2.45) is 0 Å². The summed E-state index contributed by atoms with van der Waals surface area (Å²) in [4.78, 5) is 2.31. The lowest BCUT2D eigenvalue weighted by atomic mass is 10.2. The molecule has 0 saturated carbocycles. The van der Waals surface area contributed by atoms with E-state index in [0.717, 1.165) is 45.5 Å². The van der Waals surface area contributed by atoms with E-state index < -0.39 is 0 Å². The molecule has 98 valence electrons. The van der Waals surface area contributed by atoms with Gasteiger partial charge in [-0.15, -0.1) is 0 Å². The number of hydrogen-bond donors (Lipinski definition) is 2. The van der Waals surface area contributed by atoms with E-state index in [1.807, 2.05) is 0 Å². The molecule has 0 spiro atoms. The highest BCUT2D eigenvalue weighted by Crippen LogP contribution is 1.94. The Bertz CT molecular complexity index is 145. The minimum absolute atomic E-state index is 0.295. The number of likely N-dealkylation sites (N-methyl/N-ethyl adjacent to an activating group) is 1. The number of methoxy groups -OCH3 is 1. The molecule has 0 rings (SSSR count). The maximum atomic E-state index is 8.70. The molecule has 0 heterocycles. The minimum atomic E-state index is 0.295. The number of hydrogen-bond acceptors (Lipinski definition) is 4. The van der Waals surface area contributed by atoms with Crippen LogP contribution >= 0.6 is 0 Å². The van der Waals surface area contributed by atoms with Gasteiger partial charge in [-0.25, -0.2) is 0 Å². The van der Waals surface area contributed by atoms with Gasteiger partial charge in [0, 0.05) is 46.0 Å². The first kappa shape index (κ1) is 15.8. The fraction of sp³-hybridized carbons (Fsp3) is 1.00. The second kappa shape index (κ2) is 11.3. The smallest absolute Gasteiger partial charge is 0.0474 e. The Balaban J connectivity index is 3.28. The molecule has 0 aliphatic carbocycles. The van der Waals surface area contributed by atoms with Gasteiger partial charge in [-0.05, 0) is 33.2 Å². The number of rotatable bonds is 11. The highest BCUT2D eigenvalue weighted by molar-refractivity contribution is 4.62. The lowest BCUT2D eigenvalue weighted by molar-refractivity contribution is 0.179. The van der Waals surface area contributed by atoms with Crippen molar-refractivity contribution in [1.29, 1.82) is 0 Å². The lowest BCUT2D eigenvalue weighted by Gasteiger charge is -2.19. The Morgan fingerprint density at radius 1 is 1.31 bits per heavy atom. The summed E-state index contributed by atoms with van der Waals surface area (Å²) in [7, 11) is 3.88. The van der Waals surface area contributed by atoms with Gasteiger partial charge in [-0.1, -0.05) is 0 Å². The molecule has 0 fully saturated rings. The van der Waals surface area contributed by atoms with Crippen molar-refractivity contribution in [3.8, 4) is 0 Å². The van der Waals surface area contributed by atoms with Crippen molar-refractivity contribution in [3.63, 3.8) is 0 Å². The summed E-state index contributed by atoms with van der Waals surface area (Å²) < 4.78 is 5.01. The largest absolute Gasteiger partial charge is 0.396 e. The first-order valence-corrected chi connectivity index (χ1v) is 6.22. The molecule has 0 radical (unpaired) electrons. The third-order valence-electron chi connectivity index (χ3n) is 2.67. The van der Waals surface area contributed by atoms with Gasteiger partial charge in [0.15, 0.2) is 0 Å². The topological polar surface area (TPSA) is 44.7 Å². The molecule has 4 heteroatoms. The number of nitrogens with one attached hydrogen (secondary N) is 1. The van der Waals surface area contributed by atoms with Crippen LogP contribution in [-0.4, -0.2) is 63.1 Å². The summed E-state index contributed by atoms with van der Waals surface area (Å²) in [6, 6.07) is 0.500. The number of nitrogens with zero attached hydrogens (tertiary/aromatic N) is 1. The van der Waals surface area contributed by atoms with E-state index in [9.17, 15) is 0 Å². The van der Waals surface area contributed by atoms with Gasteiger partial charge in [0.1, 0.15) is 0 Å². The maximum absolute atomic E-state index is 8.70. The van der Waals surface area contributed by atoms with E-state index in [4.69, 9.17) is 9.84 Å². The van der Waals surface area contributed by atoms with E-state index in [1.54, 1.807) is 7.11 Å². The average Bonchev–Trinajstić information content (AvgIpc) is 2.26. The SMILES string of the molecule is COCCCN(C)CCNC(C)CCCO. The molecule has 2 N–H and O–H groups in total. The molecular weight excluding hydrogens is 204 g/mol. The van der Waals surface area contributed by atoms with Crippen molar-refractivity contribution in [3.05, 3.63) is 0 Å². The molecule has 0 aliphatic rings. The molecular formula is C12H28N2O2. The lowest BCUT2D eigenvalue weighted by Crippen LogP contribution is -2.35. The molecule has 0 amide bonds. The van der Waals surface area contributed by atoms with Crippen molar-refractivity contribution in [2.45, 2.75) is 32.2 Å². The van der Waals surface area contributed by atoms with Crippen molar-refractivity contribution in [1.82, 2.24) is 10.2 Å². The second-order valence-corrected chi connectivity index (χ2v) is 4.37. The van der Waals surface area contributed by atoms with Crippen LogP contribution in [0.1, 0.15) is 26.2 Å². The van der Waals surface area contributed by atoms with E-state index in [2.05, 4.69) is 24.2 Å². The van der Waals surface area contributed by atoms with Gasteiger partial charge in [0.2, 0.25) is 0 Å². The van der Waals surface area contributed by atoms with Crippen LogP contribution in [-0.2, 0) is 4.74 Å². The van der Waals surface area contributed by atoms with E-state index in [0.29, 0.717) is 12.6 Å². The summed E-state index contributed by atoms with van der Waals surface area (Å²) in [5.41, 5.74) is 0. The molecule has 0 aliphatic heterocycles. The molecule has 0 aromatic heterocycles. The van der Waals surface area contributed by atoms with Gasteiger partial charge in [-0.2, -0.15) is 0 Å². The predicted octanol–water partition coefficient (Wildman–Crippen LogP) is 0.705. The minimum Gasteiger partial charge on any atom is -0.396 e. The molecule has 1 atom stereocenters. The van der Waals surface area contributed by atoms with Crippen LogP contribution in [0, 0.1) is 0 Å². The Kier molecular flexibility index (Phi) is 11.2. The standard InChI is InChI=1S/C12H28N2O2/c1-12(6-4-10-15)13-7-9-14(2)8-5-11-16-3/h12-13,15H,4-11H2,1-3H3. The number of aliphatic hydroxyl groups excluding tert-OH is 1. The molecule has 16 heavy (non-hydrogen) atoms. The zero-order valence-corrected chi connectivity index (χ0v) is 11.0. The molecule has 0 aromatic carbocycles. The van der Waals surface area contributed by atoms with E-state index in [1.165, 1.54) is 0 Å². The Hall–Kier alpha value is -0.160. The normalized spacial score (nSPS) is 13.3. The van der Waals surface area contributed by atoms with Crippen LogP contribution in [0.25, 0.3) is 0 Å². The zero-order chi connectivity index (χ0) is 12.2. The third kappa shape index (κ3) is 10.4. The van der Waals surface area contributed by atoms with Gasteiger partial charge < -0.3 is 20.1 Å². The second-order valence-electron chi connectivity index (χ2n) is 4.37. The summed E-state index contributed by atoms with van der Waals surface area (Å²) >= 11 is 0. The number of ether oxygens (including phenoxy) is 1. The van der Waals surface area contributed by atoms with Gasteiger partial charge in [0.05, 0.1) is 0 Å². The fourth-order valence-corrected chi connectivity index (χ4v) is 1.59. The van der Waals surface area contributed by atoms with Crippen molar-refractivity contribution < 1.29 is 9.84 Å². The zero-order valence-electron chi connectivity index (χ0n) is 11.0. The highest BCUT2D eigenvalue weighted by atomic mass is 16.5. The third-order valence-corrected chi connectivity index (χ3v) is 2.67. The number of aliphatic hydroxyl groups is 1. The predicted molar refractivity (Wildman–Crippen MR) is 67.8 cm³/mol. The molecule has 0 saturated heterocycles. The summed E-state index contributed by atoms with van der Waals surface area (Å²) in [6.07, 6.45) is 3.02. The van der Waals surface area contributed by atoms with Crippen LogP contribution < -0.4 is 5.32 Å². The van der Waals surface area contributed by atoms with Crippen LogP contribution in [0.5, 0.6) is 0 Å². The summed E-state index contributed by atoms with van der Waals surface area (Å²) in [5.74, 6) is 0. The summed E-state index contributed by atoms with van der Waals surface area (Å²) in [5, 5.41) is 12.2. The Morgan fingerprint density at radius 3 is 2.69 bits per heavy atom. The van der Waals surface area contributed by atoms with E-state index >= 15 is 0 Å². The van der Waals surface area contributed by atoms with Gasteiger partial charge in [-0.3, -0.25) is 0 Å². The van der Waals surface area contributed by atoms with Crippen molar-refractivity contribution >= 4 is 0 Å².